The standard InChI is InChI=1S/GeH4.Na.H2O.H4Si/h1H4;;1H2;1H4/q;+1;;/p-1. The summed E-state index contributed by atoms with van der Waals surface area (Å²) in [6, 6.07) is 0. The second-order valence-electron chi connectivity index (χ2n) is 0. The zero-order valence-electron chi connectivity index (χ0n) is 1.45. The fourth-order valence-electron chi connectivity index (χ4n) is 0. The minimum Gasteiger partial charge on any atom is -0.870 e. The molecule has 1 nitrogen and oxygen atoms in total. The van der Waals surface area contributed by atoms with Gasteiger partial charge in [0.15, 0.2) is 0 Å². The Hall–Kier alpha value is 1.72. The van der Waals surface area contributed by atoms with Crippen LogP contribution in [0.15, 0.2) is 0 Å². The predicted octanol–water partition coefficient (Wildman–Crippen LogP) is -6.08. The summed E-state index contributed by atoms with van der Waals surface area (Å²) in [5.74, 6) is 0. The molecule has 0 rings (SSSR count). The van der Waals surface area contributed by atoms with E-state index in [-0.39, 0.29) is 63.6 Å². The average molecular weight is 149 g/mol. The van der Waals surface area contributed by atoms with E-state index in [4.69, 9.17) is 0 Å². The van der Waals surface area contributed by atoms with Crippen molar-refractivity contribution in [2.24, 2.45) is 0 Å². The molecule has 0 saturated heterocycles. The first-order valence-electron chi connectivity index (χ1n) is 0. The molecule has 0 heterocycles. The second-order valence-corrected chi connectivity index (χ2v) is 0. The number of rotatable bonds is 0. The first-order valence-corrected chi connectivity index (χ1v) is 0. The van der Waals surface area contributed by atoms with Crippen LogP contribution in [0.25, 0.3) is 0 Å². The summed E-state index contributed by atoms with van der Waals surface area (Å²) in [6.45, 7) is 0. The van der Waals surface area contributed by atoms with Gasteiger partial charge in [-0.1, -0.05) is 0 Å². The molecule has 0 unspecified atom stereocenters. The third-order valence-corrected chi connectivity index (χ3v) is 0. The molecule has 0 aromatic carbocycles. The van der Waals surface area contributed by atoms with Gasteiger partial charge in [-0.15, -0.1) is 0 Å². The van der Waals surface area contributed by atoms with Crippen LogP contribution in [0.1, 0.15) is 0 Å². The first kappa shape index (κ1) is 43.1. The minimum absolute atomic E-state index is 0. The molecule has 0 bridgehead atoms. The van der Waals surface area contributed by atoms with E-state index in [1.54, 1.807) is 0 Å². The van der Waals surface area contributed by atoms with Crippen LogP contribution in [0.4, 0.5) is 0 Å². The Morgan fingerprint density at radius 3 is 1.00 bits per heavy atom. The van der Waals surface area contributed by atoms with E-state index in [0.717, 1.165) is 0 Å². The third-order valence-electron chi connectivity index (χ3n) is 0. The van der Waals surface area contributed by atoms with E-state index in [1.165, 1.54) is 0 Å². The van der Waals surface area contributed by atoms with Gasteiger partial charge in [0.25, 0.3) is 0 Å². The Labute approximate surface area is 63.1 Å². The van der Waals surface area contributed by atoms with Crippen LogP contribution in [0, 0.1) is 0 Å². The Balaban J connectivity index is 0. The second kappa shape index (κ2) is 22.1. The normalized spacial score (nSPS) is 0. The van der Waals surface area contributed by atoms with Crippen LogP contribution in [-0.4, -0.2) is 34.0 Å². The Morgan fingerprint density at radius 1 is 1.00 bits per heavy atom. The van der Waals surface area contributed by atoms with Gasteiger partial charge in [0.1, 0.15) is 0 Å². The van der Waals surface area contributed by atoms with Crippen molar-refractivity contribution in [2.45, 2.75) is 0 Å². The van der Waals surface area contributed by atoms with Gasteiger partial charge in [0.05, 0.1) is 0 Å². The Morgan fingerprint density at radius 2 is 1.00 bits per heavy atom. The largest absolute Gasteiger partial charge is 1.00 e. The van der Waals surface area contributed by atoms with Gasteiger partial charge < -0.3 is 5.48 Å². The van der Waals surface area contributed by atoms with Gasteiger partial charge in [-0.05, 0) is 11.0 Å². The maximum absolute atomic E-state index is 0. The zero-order chi connectivity index (χ0) is 0. The van der Waals surface area contributed by atoms with Crippen molar-refractivity contribution < 1.29 is 35.0 Å². The molecule has 4 heavy (non-hydrogen) atoms. The fourth-order valence-corrected chi connectivity index (χ4v) is 0. The molecule has 0 aliphatic carbocycles. The van der Waals surface area contributed by atoms with E-state index >= 15 is 0 Å². The van der Waals surface area contributed by atoms with Crippen molar-refractivity contribution in [1.29, 1.82) is 0 Å². The van der Waals surface area contributed by atoms with E-state index in [2.05, 4.69) is 0 Å². The monoisotopic (exact) mass is 150 g/mol. The van der Waals surface area contributed by atoms with Crippen LogP contribution >= 0.6 is 0 Å². The van der Waals surface area contributed by atoms with Gasteiger partial charge in [0.2, 0.25) is 0 Å². The predicted molar refractivity (Wildman–Crippen MR) is 24.6 cm³/mol. The summed E-state index contributed by atoms with van der Waals surface area (Å²) in [4.78, 5) is 0. The summed E-state index contributed by atoms with van der Waals surface area (Å²) in [5, 5.41) is 0. The summed E-state index contributed by atoms with van der Waals surface area (Å²) in [7, 11) is 0. The fraction of sp³-hybridized carbons (Fsp3) is 0. The van der Waals surface area contributed by atoms with Crippen LogP contribution < -0.4 is 29.6 Å². The van der Waals surface area contributed by atoms with Crippen LogP contribution in [0.2, 0.25) is 0 Å². The SMILES string of the molecule is [GeH4].[Na+].[OH-].[SiH4]. The van der Waals surface area contributed by atoms with Gasteiger partial charge >= 0.3 is 47.2 Å². The summed E-state index contributed by atoms with van der Waals surface area (Å²) >= 11 is 0. The van der Waals surface area contributed by atoms with Crippen LogP contribution in [-0.2, 0) is 0 Å². The molecule has 0 amide bonds. The van der Waals surface area contributed by atoms with Gasteiger partial charge in [-0.2, -0.15) is 0 Å². The van der Waals surface area contributed by atoms with Gasteiger partial charge in [-0.25, -0.2) is 0 Å². The van der Waals surface area contributed by atoms with Crippen molar-refractivity contribution in [3.05, 3.63) is 0 Å². The molecule has 0 radical (unpaired) electrons. The smallest absolute Gasteiger partial charge is 0.870 e. The zero-order valence-corrected chi connectivity index (χ0v) is 3.45. The molecule has 0 atom stereocenters. The van der Waals surface area contributed by atoms with Gasteiger partial charge in [0, 0.05) is 0 Å². The molecule has 1 N–H and O–H groups in total. The van der Waals surface area contributed by atoms with Crippen molar-refractivity contribution >= 4 is 28.6 Å². The molecule has 0 saturated carbocycles. The van der Waals surface area contributed by atoms with Crippen molar-refractivity contribution in [3.63, 3.8) is 0 Å². The molecular formula is H9GeNaOSi. The molecule has 0 spiro atoms. The quantitative estimate of drug-likeness (QED) is 0.315. The minimum atomic E-state index is 0. The Kier molecular flexibility index (Phi) is 238. The molecule has 0 aliphatic heterocycles. The van der Waals surface area contributed by atoms with E-state index in [0.29, 0.717) is 0 Å². The molecule has 4 heteroatoms. The third kappa shape index (κ3) is 9.30. The van der Waals surface area contributed by atoms with E-state index in [1.807, 2.05) is 0 Å². The number of hydrogen-bond donors (Lipinski definition) is 0. The summed E-state index contributed by atoms with van der Waals surface area (Å²) in [5.41, 5.74) is 0. The van der Waals surface area contributed by atoms with Crippen molar-refractivity contribution in [2.75, 3.05) is 0 Å². The van der Waals surface area contributed by atoms with E-state index in [9.17, 15) is 0 Å². The molecule has 0 aliphatic rings. The maximum Gasteiger partial charge on any atom is 1.00 e. The molecular weight excluding hydrogens is 140 g/mol. The molecule has 0 aromatic heterocycles. The maximum atomic E-state index is 0. The molecule has 24 valence electrons. The van der Waals surface area contributed by atoms with Crippen LogP contribution in [0.3, 0.4) is 0 Å². The van der Waals surface area contributed by atoms with E-state index < -0.39 is 0 Å². The number of hydrogen-bond acceptors (Lipinski definition) is 1. The van der Waals surface area contributed by atoms with Crippen molar-refractivity contribution in [3.8, 4) is 0 Å². The molecule has 0 aromatic rings. The summed E-state index contributed by atoms with van der Waals surface area (Å²) < 4.78 is 0. The molecule has 0 fully saturated rings. The van der Waals surface area contributed by atoms with Gasteiger partial charge in [-0.3, -0.25) is 0 Å². The topological polar surface area (TPSA) is 30.0 Å². The first-order chi connectivity index (χ1) is 0. The Bertz CT molecular complexity index is 8.00. The van der Waals surface area contributed by atoms with Crippen LogP contribution in [0.5, 0.6) is 0 Å². The van der Waals surface area contributed by atoms with Crippen molar-refractivity contribution in [1.82, 2.24) is 0 Å². The average Bonchev–Trinajstić information content (AvgIpc) is 0. The summed E-state index contributed by atoms with van der Waals surface area (Å²) in [6.07, 6.45) is 0.